The fourth-order valence-corrected chi connectivity index (χ4v) is 6.74. The zero-order valence-electron chi connectivity index (χ0n) is 23.2. The van der Waals surface area contributed by atoms with E-state index in [2.05, 4.69) is 24.3 Å². The summed E-state index contributed by atoms with van der Waals surface area (Å²) >= 11 is 0. The highest BCUT2D eigenvalue weighted by atomic mass is 16.6. The standard InChI is InChI=1S/C16H26O3.C14H22O3/c1-15(2,3)19-14(17)10-16(4,18)9-13-8-11-5-6-12(13)7-11;1-3-17-13(15)9-14(2,16)8-12-7-10-4-5-11(12)6-10/h5-6,11-13,18H,7-10H2,1-4H3;4-5,10-12,16H,3,6-9H2,1-2H3. The average molecular weight is 505 g/mol. The topological polar surface area (TPSA) is 93.1 Å². The van der Waals surface area contributed by atoms with Crippen molar-refractivity contribution in [2.45, 2.75) is 110 Å². The Bertz CT molecular complexity index is 833. The summed E-state index contributed by atoms with van der Waals surface area (Å²) in [7, 11) is 0. The van der Waals surface area contributed by atoms with Gasteiger partial charge in [0.15, 0.2) is 0 Å². The van der Waals surface area contributed by atoms with Gasteiger partial charge in [0.1, 0.15) is 5.60 Å². The number of hydrogen-bond donors (Lipinski definition) is 2. The van der Waals surface area contributed by atoms with Gasteiger partial charge >= 0.3 is 11.9 Å². The van der Waals surface area contributed by atoms with Crippen LogP contribution in [0.25, 0.3) is 0 Å². The van der Waals surface area contributed by atoms with Gasteiger partial charge < -0.3 is 19.7 Å². The number of ether oxygens (including phenoxy) is 2. The van der Waals surface area contributed by atoms with Crippen LogP contribution in [0.15, 0.2) is 24.3 Å². The van der Waals surface area contributed by atoms with Crippen LogP contribution < -0.4 is 0 Å². The molecule has 4 aliphatic rings. The fraction of sp³-hybridized carbons (Fsp3) is 0.800. The van der Waals surface area contributed by atoms with Crippen molar-refractivity contribution >= 4 is 11.9 Å². The lowest BCUT2D eigenvalue weighted by molar-refractivity contribution is -0.160. The highest BCUT2D eigenvalue weighted by Gasteiger charge is 2.41. The Hall–Kier alpha value is -1.66. The van der Waals surface area contributed by atoms with E-state index in [1.165, 1.54) is 19.3 Å². The molecule has 36 heavy (non-hydrogen) atoms. The average Bonchev–Trinajstić information content (AvgIpc) is 3.47. The van der Waals surface area contributed by atoms with E-state index in [9.17, 15) is 19.8 Å². The molecule has 8 unspecified atom stereocenters. The first-order chi connectivity index (χ1) is 16.6. The van der Waals surface area contributed by atoms with Crippen molar-refractivity contribution in [1.82, 2.24) is 0 Å². The molecule has 2 N–H and O–H groups in total. The van der Waals surface area contributed by atoms with Gasteiger partial charge in [-0.05, 0) is 116 Å². The third-order valence-corrected chi connectivity index (χ3v) is 8.01. The first-order valence-electron chi connectivity index (χ1n) is 13.8. The van der Waals surface area contributed by atoms with E-state index in [1.807, 2.05) is 20.8 Å². The summed E-state index contributed by atoms with van der Waals surface area (Å²) in [6.07, 6.45) is 15.5. The predicted octanol–water partition coefficient (Wildman–Crippen LogP) is 5.36. The molecule has 6 heteroatoms. The molecule has 0 heterocycles. The lowest BCUT2D eigenvalue weighted by atomic mass is 9.82. The SMILES string of the molecule is CC(O)(CC(=O)OC(C)(C)C)CC1CC2C=CC1C2.CCOC(=O)CC(C)(O)CC1CC2C=CC1C2. The molecule has 0 aromatic rings. The van der Waals surface area contributed by atoms with Gasteiger partial charge in [-0.3, -0.25) is 9.59 Å². The Labute approximate surface area is 217 Å². The normalized spacial score (nSPS) is 33.0. The van der Waals surface area contributed by atoms with Gasteiger partial charge in [-0.2, -0.15) is 0 Å². The second-order valence-corrected chi connectivity index (χ2v) is 13.2. The van der Waals surface area contributed by atoms with Crippen LogP contribution in [-0.2, 0) is 19.1 Å². The fourth-order valence-electron chi connectivity index (χ4n) is 6.74. The quantitative estimate of drug-likeness (QED) is 0.324. The van der Waals surface area contributed by atoms with Gasteiger partial charge in [0, 0.05) is 0 Å². The van der Waals surface area contributed by atoms with E-state index in [-0.39, 0.29) is 24.8 Å². The summed E-state index contributed by atoms with van der Waals surface area (Å²) in [5.74, 6) is 3.09. The lowest BCUT2D eigenvalue weighted by Crippen LogP contribution is -2.35. The maximum Gasteiger partial charge on any atom is 0.309 e. The van der Waals surface area contributed by atoms with E-state index in [4.69, 9.17) is 9.47 Å². The van der Waals surface area contributed by atoms with Gasteiger partial charge in [0.2, 0.25) is 0 Å². The van der Waals surface area contributed by atoms with E-state index in [1.54, 1.807) is 20.8 Å². The van der Waals surface area contributed by atoms with Crippen molar-refractivity contribution in [3.05, 3.63) is 24.3 Å². The van der Waals surface area contributed by atoms with Gasteiger partial charge in [-0.25, -0.2) is 0 Å². The van der Waals surface area contributed by atoms with Crippen LogP contribution in [0.5, 0.6) is 0 Å². The Morgan fingerprint density at radius 2 is 1.19 bits per heavy atom. The minimum Gasteiger partial charge on any atom is -0.466 e. The molecule has 0 radical (unpaired) electrons. The Kier molecular flexibility index (Phi) is 9.14. The van der Waals surface area contributed by atoms with Crippen molar-refractivity contribution in [2.24, 2.45) is 35.5 Å². The van der Waals surface area contributed by atoms with Crippen LogP contribution in [0.2, 0.25) is 0 Å². The Balaban J connectivity index is 0.000000202. The van der Waals surface area contributed by atoms with Gasteiger partial charge in [0.05, 0.1) is 30.7 Å². The molecule has 4 aliphatic carbocycles. The molecule has 2 saturated carbocycles. The lowest BCUT2D eigenvalue weighted by Gasteiger charge is -2.30. The highest BCUT2D eigenvalue weighted by Crippen LogP contribution is 2.47. The Morgan fingerprint density at radius 1 is 0.750 bits per heavy atom. The molecular weight excluding hydrogens is 456 g/mol. The number of allylic oxidation sites excluding steroid dienone is 4. The minimum absolute atomic E-state index is 0.0852. The molecule has 4 bridgehead atoms. The van der Waals surface area contributed by atoms with Crippen LogP contribution in [0.1, 0.15) is 92.9 Å². The van der Waals surface area contributed by atoms with Gasteiger partial charge in [-0.15, -0.1) is 0 Å². The third-order valence-electron chi connectivity index (χ3n) is 8.01. The van der Waals surface area contributed by atoms with Crippen LogP contribution in [-0.4, -0.2) is 45.6 Å². The first-order valence-corrected chi connectivity index (χ1v) is 13.8. The van der Waals surface area contributed by atoms with Crippen LogP contribution in [0.3, 0.4) is 0 Å². The number of esters is 2. The summed E-state index contributed by atoms with van der Waals surface area (Å²) in [6.45, 7) is 11.2. The van der Waals surface area contributed by atoms with Crippen molar-refractivity contribution in [3.63, 3.8) is 0 Å². The second kappa shape index (κ2) is 11.4. The highest BCUT2D eigenvalue weighted by molar-refractivity contribution is 5.71. The number of rotatable bonds is 9. The van der Waals surface area contributed by atoms with E-state index in [0.29, 0.717) is 55.0 Å². The van der Waals surface area contributed by atoms with Crippen LogP contribution in [0.4, 0.5) is 0 Å². The molecule has 8 atom stereocenters. The monoisotopic (exact) mass is 504 g/mol. The molecule has 0 aliphatic heterocycles. The molecule has 204 valence electrons. The van der Waals surface area contributed by atoms with Crippen molar-refractivity contribution < 1.29 is 29.3 Å². The van der Waals surface area contributed by atoms with Gasteiger partial charge in [0.25, 0.3) is 0 Å². The summed E-state index contributed by atoms with van der Waals surface area (Å²) in [6, 6.07) is 0. The number of fused-ring (bicyclic) bond motifs is 4. The zero-order valence-corrected chi connectivity index (χ0v) is 23.2. The number of aliphatic hydroxyl groups is 2. The molecule has 0 amide bonds. The molecule has 2 fully saturated rings. The van der Waals surface area contributed by atoms with Crippen LogP contribution in [0, 0.1) is 35.5 Å². The number of carbonyl (C=O) groups excluding carboxylic acids is 2. The molecule has 0 aromatic heterocycles. The zero-order chi connectivity index (χ0) is 26.7. The maximum atomic E-state index is 11.8. The van der Waals surface area contributed by atoms with Gasteiger partial charge in [-0.1, -0.05) is 24.3 Å². The predicted molar refractivity (Wildman–Crippen MR) is 140 cm³/mol. The van der Waals surface area contributed by atoms with Crippen LogP contribution >= 0.6 is 0 Å². The first kappa shape index (κ1) is 28.9. The largest absolute Gasteiger partial charge is 0.466 e. The molecule has 0 aromatic carbocycles. The molecule has 6 nitrogen and oxygen atoms in total. The minimum atomic E-state index is -0.953. The molecular formula is C30H48O6. The molecule has 0 spiro atoms. The maximum absolute atomic E-state index is 11.8. The summed E-state index contributed by atoms with van der Waals surface area (Å²) < 4.78 is 10.2. The second-order valence-electron chi connectivity index (χ2n) is 13.2. The Morgan fingerprint density at radius 3 is 1.53 bits per heavy atom. The summed E-state index contributed by atoms with van der Waals surface area (Å²) in [5.41, 5.74) is -2.36. The summed E-state index contributed by atoms with van der Waals surface area (Å²) in [4.78, 5) is 23.2. The third kappa shape index (κ3) is 8.72. The number of hydrogen-bond acceptors (Lipinski definition) is 6. The van der Waals surface area contributed by atoms with E-state index in [0.717, 1.165) is 6.42 Å². The van der Waals surface area contributed by atoms with E-state index < -0.39 is 16.8 Å². The number of carbonyl (C=O) groups is 2. The van der Waals surface area contributed by atoms with Crippen molar-refractivity contribution in [2.75, 3.05) is 6.61 Å². The smallest absolute Gasteiger partial charge is 0.309 e. The van der Waals surface area contributed by atoms with Crippen molar-refractivity contribution in [1.29, 1.82) is 0 Å². The summed E-state index contributed by atoms with van der Waals surface area (Å²) in [5, 5.41) is 20.7. The molecule has 0 saturated heterocycles. The van der Waals surface area contributed by atoms with Crippen molar-refractivity contribution in [3.8, 4) is 0 Å². The van der Waals surface area contributed by atoms with E-state index >= 15 is 0 Å². The molecule has 4 rings (SSSR count).